The molecule has 6 nitrogen and oxygen atoms in total. The summed E-state index contributed by atoms with van der Waals surface area (Å²) >= 11 is 0. The summed E-state index contributed by atoms with van der Waals surface area (Å²) < 4.78 is 1.72. The van der Waals surface area contributed by atoms with Gasteiger partial charge in [0.15, 0.2) is 0 Å². The van der Waals surface area contributed by atoms with E-state index in [4.69, 9.17) is 0 Å². The van der Waals surface area contributed by atoms with E-state index in [2.05, 4.69) is 20.7 Å². The molecule has 1 aliphatic rings. The Hall–Kier alpha value is -1.92. The SMILES string of the molecule is Cl.O=C(NCCC1CCNC1)c1ccccc1Cn1cncn1. The lowest BCUT2D eigenvalue weighted by Crippen LogP contribution is -2.27. The summed E-state index contributed by atoms with van der Waals surface area (Å²) in [5.74, 6) is 0.673. The van der Waals surface area contributed by atoms with Gasteiger partial charge < -0.3 is 10.6 Å². The molecule has 0 spiro atoms. The predicted octanol–water partition coefficient (Wildman–Crippen LogP) is 1.48. The molecule has 1 atom stereocenters. The summed E-state index contributed by atoms with van der Waals surface area (Å²) in [7, 11) is 0. The second-order valence-electron chi connectivity index (χ2n) is 5.65. The molecular weight excluding hydrogens is 314 g/mol. The second kappa shape index (κ2) is 8.64. The molecule has 2 aromatic rings. The van der Waals surface area contributed by atoms with E-state index in [1.54, 1.807) is 11.0 Å². The molecule has 0 saturated carbocycles. The fourth-order valence-corrected chi connectivity index (χ4v) is 2.81. The molecule has 23 heavy (non-hydrogen) atoms. The van der Waals surface area contributed by atoms with E-state index in [9.17, 15) is 4.79 Å². The molecule has 124 valence electrons. The molecule has 2 N–H and O–H groups in total. The largest absolute Gasteiger partial charge is 0.352 e. The Bertz CT molecular complexity index is 611. The normalized spacial score (nSPS) is 16.8. The van der Waals surface area contributed by atoms with Gasteiger partial charge in [-0.25, -0.2) is 9.67 Å². The number of rotatable bonds is 6. The first kappa shape index (κ1) is 17.4. The van der Waals surface area contributed by atoms with Gasteiger partial charge in [-0.3, -0.25) is 4.79 Å². The number of aromatic nitrogens is 3. The lowest BCUT2D eigenvalue weighted by atomic mass is 10.0. The topological polar surface area (TPSA) is 71.8 Å². The Morgan fingerprint density at radius 3 is 3.00 bits per heavy atom. The second-order valence-corrected chi connectivity index (χ2v) is 5.65. The first-order valence-electron chi connectivity index (χ1n) is 7.72. The van der Waals surface area contributed by atoms with Crippen molar-refractivity contribution in [2.45, 2.75) is 19.4 Å². The summed E-state index contributed by atoms with van der Waals surface area (Å²) in [6.07, 6.45) is 5.39. The molecule has 3 rings (SSSR count). The molecule has 1 saturated heterocycles. The van der Waals surface area contributed by atoms with Gasteiger partial charge in [-0.05, 0) is 43.5 Å². The van der Waals surface area contributed by atoms with Gasteiger partial charge in [-0.15, -0.1) is 12.4 Å². The zero-order valence-corrected chi connectivity index (χ0v) is 13.8. The fourth-order valence-electron chi connectivity index (χ4n) is 2.81. The lowest BCUT2D eigenvalue weighted by molar-refractivity contribution is 0.0950. The van der Waals surface area contributed by atoms with Crippen LogP contribution in [0.4, 0.5) is 0 Å². The molecular formula is C16H22ClN5O. The third-order valence-corrected chi connectivity index (χ3v) is 4.06. The van der Waals surface area contributed by atoms with Gasteiger partial charge in [0.2, 0.25) is 0 Å². The van der Waals surface area contributed by atoms with Crippen molar-refractivity contribution in [3.8, 4) is 0 Å². The molecule has 1 unspecified atom stereocenters. The van der Waals surface area contributed by atoms with Crippen LogP contribution in [0, 0.1) is 5.92 Å². The van der Waals surface area contributed by atoms with Crippen LogP contribution in [0.25, 0.3) is 0 Å². The van der Waals surface area contributed by atoms with E-state index >= 15 is 0 Å². The number of carbonyl (C=O) groups is 1. The highest BCUT2D eigenvalue weighted by molar-refractivity contribution is 5.95. The summed E-state index contributed by atoms with van der Waals surface area (Å²) in [4.78, 5) is 16.3. The highest BCUT2D eigenvalue weighted by Crippen LogP contribution is 2.12. The van der Waals surface area contributed by atoms with Gasteiger partial charge >= 0.3 is 0 Å². The van der Waals surface area contributed by atoms with Crippen LogP contribution in [-0.2, 0) is 6.54 Å². The maximum Gasteiger partial charge on any atom is 0.251 e. The first-order valence-corrected chi connectivity index (χ1v) is 7.72. The van der Waals surface area contributed by atoms with Gasteiger partial charge in [-0.2, -0.15) is 5.10 Å². The Morgan fingerprint density at radius 2 is 2.26 bits per heavy atom. The van der Waals surface area contributed by atoms with E-state index in [0.29, 0.717) is 18.0 Å². The third kappa shape index (κ3) is 4.77. The van der Waals surface area contributed by atoms with Crippen molar-refractivity contribution in [2.24, 2.45) is 5.92 Å². The molecule has 1 amide bonds. The van der Waals surface area contributed by atoms with Crippen molar-refractivity contribution < 1.29 is 4.79 Å². The standard InChI is InChI=1S/C16H21N5O.ClH/c22-16(19-8-6-13-5-7-17-9-13)15-4-2-1-3-14(15)10-21-12-18-11-20-21;/h1-4,11-13,17H,5-10H2,(H,19,22);1H. The average Bonchev–Trinajstić information content (AvgIpc) is 3.21. The number of nitrogens with one attached hydrogen (secondary N) is 2. The third-order valence-electron chi connectivity index (χ3n) is 4.06. The molecule has 1 aromatic carbocycles. The molecule has 1 aromatic heterocycles. The Kier molecular flexibility index (Phi) is 6.55. The maximum atomic E-state index is 12.4. The smallest absolute Gasteiger partial charge is 0.251 e. The van der Waals surface area contributed by atoms with Crippen molar-refractivity contribution in [3.63, 3.8) is 0 Å². The van der Waals surface area contributed by atoms with Gasteiger partial charge in [0, 0.05) is 12.1 Å². The van der Waals surface area contributed by atoms with E-state index in [0.717, 1.165) is 31.6 Å². The van der Waals surface area contributed by atoms with Gasteiger partial charge in [0.05, 0.1) is 6.54 Å². The van der Waals surface area contributed by atoms with Gasteiger partial charge in [0.1, 0.15) is 12.7 Å². The predicted molar refractivity (Wildman–Crippen MR) is 90.7 cm³/mol. The molecule has 1 fully saturated rings. The Morgan fingerprint density at radius 1 is 1.39 bits per heavy atom. The monoisotopic (exact) mass is 335 g/mol. The van der Waals surface area contributed by atoms with Crippen LogP contribution in [0.3, 0.4) is 0 Å². The van der Waals surface area contributed by atoms with E-state index in [1.165, 1.54) is 12.7 Å². The molecule has 2 heterocycles. The Labute approximate surface area is 142 Å². The van der Waals surface area contributed by atoms with Crippen LogP contribution < -0.4 is 10.6 Å². The maximum absolute atomic E-state index is 12.4. The van der Waals surface area contributed by atoms with Gasteiger partial charge in [-0.1, -0.05) is 18.2 Å². The van der Waals surface area contributed by atoms with Crippen LogP contribution in [0.2, 0.25) is 0 Å². The number of benzene rings is 1. The summed E-state index contributed by atoms with van der Waals surface area (Å²) in [5.41, 5.74) is 1.66. The minimum atomic E-state index is -0.0123. The average molecular weight is 336 g/mol. The number of amides is 1. The fraction of sp³-hybridized carbons (Fsp3) is 0.438. The summed E-state index contributed by atoms with van der Waals surface area (Å²) in [6.45, 7) is 3.44. The van der Waals surface area contributed by atoms with E-state index in [-0.39, 0.29) is 18.3 Å². The summed E-state index contributed by atoms with van der Waals surface area (Å²) in [5, 5.41) is 10.5. The zero-order valence-electron chi connectivity index (χ0n) is 12.9. The number of hydrogen-bond donors (Lipinski definition) is 2. The number of nitrogens with zero attached hydrogens (tertiary/aromatic N) is 3. The van der Waals surface area contributed by atoms with Crippen molar-refractivity contribution in [1.82, 2.24) is 25.4 Å². The van der Waals surface area contributed by atoms with Crippen LogP contribution in [-0.4, -0.2) is 40.3 Å². The van der Waals surface area contributed by atoms with Gasteiger partial charge in [0.25, 0.3) is 5.91 Å². The van der Waals surface area contributed by atoms with Crippen molar-refractivity contribution >= 4 is 18.3 Å². The molecule has 1 aliphatic heterocycles. The zero-order chi connectivity index (χ0) is 15.2. The van der Waals surface area contributed by atoms with Crippen LogP contribution >= 0.6 is 12.4 Å². The molecule has 0 bridgehead atoms. The first-order chi connectivity index (χ1) is 10.8. The number of halogens is 1. The highest BCUT2D eigenvalue weighted by atomic mass is 35.5. The quantitative estimate of drug-likeness (QED) is 0.838. The Balaban J connectivity index is 0.00000192. The minimum absolute atomic E-state index is 0. The molecule has 7 heteroatoms. The van der Waals surface area contributed by atoms with Crippen molar-refractivity contribution in [3.05, 3.63) is 48.0 Å². The van der Waals surface area contributed by atoms with Crippen LogP contribution in [0.5, 0.6) is 0 Å². The molecule has 0 radical (unpaired) electrons. The van der Waals surface area contributed by atoms with E-state index in [1.807, 2.05) is 24.3 Å². The van der Waals surface area contributed by atoms with Crippen LogP contribution in [0.1, 0.15) is 28.8 Å². The number of carbonyl (C=O) groups excluding carboxylic acids is 1. The van der Waals surface area contributed by atoms with E-state index < -0.39 is 0 Å². The molecule has 0 aliphatic carbocycles. The number of hydrogen-bond acceptors (Lipinski definition) is 4. The summed E-state index contributed by atoms with van der Waals surface area (Å²) in [6, 6.07) is 7.64. The highest BCUT2D eigenvalue weighted by Gasteiger charge is 2.15. The van der Waals surface area contributed by atoms with Crippen molar-refractivity contribution in [2.75, 3.05) is 19.6 Å². The van der Waals surface area contributed by atoms with Crippen LogP contribution in [0.15, 0.2) is 36.9 Å². The lowest BCUT2D eigenvalue weighted by Gasteiger charge is -2.12. The van der Waals surface area contributed by atoms with Crippen molar-refractivity contribution in [1.29, 1.82) is 0 Å². The minimum Gasteiger partial charge on any atom is -0.352 e.